The lowest BCUT2D eigenvalue weighted by Crippen LogP contribution is -2.31. The van der Waals surface area contributed by atoms with Gasteiger partial charge in [-0.1, -0.05) is 0 Å². The van der Waals surface area contributed by atoms with Gasteiger partial charge in [-0.2, -0.15) is 5.26 Å². The molecule has 1 amide bonds. The Morgan fingerprint density at radius 1 is 1.77 bits per heavy atom. The van der Waals surface area contributed by atoms with E-state index in [1.54, 1.807) is 19.2 Å². The summed E-state index contributed by atoms with van der Waals surface area (Å²) >= 11 is 0. The summed E-state index contributed by atoms with van der Waals surface area (Å²) in [6.07, 6.45) is 1.70. The van der Waals surface area contributed by atoms with Crippen molar-refractivity contribution in [2.24, 2.45) is 0 Å². The molecule has 4 heteroatoms. The highest BCUT2D eigenvalue weighted by Gasteiger charge is 2.11. The molecule has 0 spiro atoms. The third-order valence-corrected chi connectivity index (χ3v) is 1.74. The number of nitriles is 1. The second-order valence-electron chi connectivity index (χ2n) is 2.84. The molecule has 4 nitrogen and oxygen atoms in total. The van der Waals surface area contributed by atoms with Crippen molar-refractivity contribution in [3.8, 4) is 6.07 Å². The fourth-order valence-corrected chi connectivity index (χ4v) is 1.01. The quantitative estimate of drug-likeness (QED) is 0.706. The number of nitrogens with zero attached hydrogens (tertiary/aromatic N) is 1. The van der Waals surface area contributed by atoms with Crippen molar-refractivity contribution in [2.45, 2.75) is 19.9 Å². The number of aromatic amines is 1. The highest BCUT2D eigenvalue weighted by molar-refractivity contribution is 5.95. The van der Waals surface area contributed by atoms with Crippen LogP contribution in [0.1, 0.15) is 23.0 Å². The van der Waals surface area contributed by atoms with Crippen molar-refractivity contribution in [1.82, 2.24) is 10.3 Å². The molecule has 0 unspecified atom stereocenters. The topological polar surface area (TPSA) is 68.7 Å². The number of nitrogens with one attached hydrogen (secondary N) is 2. The molecule has 0 aliphatic heterocycles. The molecular weight excluding hydrogens is 166 g/mol. The van der Waals surface area contributed by atoms with E-state index in [9.17, 15) is 4.79 Å². The molecule has 0 aliphatic carbocycles. The fourth-order valence-electron chi connectivity index (χ4n) is 1.01. The average molecular weight is 177 g/mol. The second-order valence-corrected chi connectivity index (χ2v) is 2.84. The zero-order valence-corrected chi connectivity index (χ0v) is 7.59. The summed E-state index contributed by atoms with van der Waals surface area (Å²) in [6.45, 7) is 3.45. The molecule has 1 aromatic heterocycles. The maximum Gasteiger partial charge on any atom is 0.254 e. The molecule has 0 fully saturated rings. The molecule has 0 bridgehead atoms. The summed E-state index contributed by atoms with van der Waals surface area (Å²) in [5, 5.41) is 11.0. The van der Waals surface area contributed by atoms with Crippen LogP contribution in [0, 0.1) is 18.3 Å². The van der Waals surface area contributed by atoms with Crippen molar-refractivity contribution in [3.05, 3.63) is 23.5 Å². The molecule has 0 radical (unpaired) electrons. The number of aryl methyl sites for hydroxylation is 1. The molecule has 0 aromatic carbocycles. The van der Waals surface area contributed by atoms with E-state index in [0.717, 1.165) is 5.69 Å². The molecule has 1 rings (SSSR count). The molecular formula is C9H11N3O. The van der Waals surface area contributed by atoms with Crippen LogP contribution in [0.2, 0.25) is 0 Å². The Hall–Kier alpha value is -1.76. The molecule has 1 aromatic rings. The summed E-state index contributed by atoms with van der Waals surface area (Å²) in [7, 11) is 0. The number of carbonyl (C=O) groups is 1. The number of hydrogen-bond donors (Lipinski definition) is 2. The number of hydrogen-bond acceptors (Lipinski definition) is 2. The Bertz CT molecular complexity index is 348. The lowest BCUT2D eigenvalue weighted by molar-refractivity contribution is 0.0947. The predicted octanol–water partition coefficient (Wildman–Crippen LogP) is 0.965. The van der Waals surface area contributed by atoms with Gasteiger partial charge in [-0.05, 0) is 19.9 Å². The van der Waals surface area contributed by atoms with Gasteiger partial charge in [-0.25, -0.2) is 0 Å². The minimum absolute atomic E-state index is 0.215. The molecule has 0 saturated carbocycles. The number of H-pyrrole nitrogens is 1. The first-order valence-electron chi connectivity index (χ1n) is 3.99. The maximum absolute atomic E-state index is 11.4. The van der Waals surface area contributed by atoms with E-state index in [4.69, 9.17) is 5.26 Å². The van der Waals surface area contributed by atoms with Gasteiger partial charge in [0.15, 0.2) is 0 Å². The van der Waals surface area contributed by atoms with Gasteiger partial charge in [0.25, 0.3) is 5.91 Å². The van der Waals surface area contributed by atoms with Crippen LogP contribution >= 0.6 is 0 Å². The summed E-state index contributed by atoms with van der Waals surface area (Å²) in [5.41, 5.74) is 1.39. The summed E-state index contributed by atoms with van der Waals surface area (Å²) in [4.78, 5) is 14.3. The number of aromatic nitrogens is 1. The lowest BCUT2D eigenvalue weighted by Gasteiger charge is -2.04. The molecule has 68 valence electrons. The van der Waals surface area contributed by atoms with E-state index in [-0.39, 0.29) is 5.91 Å². The molecule has 2 N–H and O–H groups in total. The Kier molecular flexibility index (Phi) is 2.70. The Morgan fingerprint density at radius 3 is 2.92 bits per heavy atom. The largest absolute Gasteiger partial charge is 0.365 e. The summed E-state index contributed by atoms with van der Waals surface area (Å²) in [6, 6.07) is 3.17. The summed E-state index contributed by atoms with van der Waals surface area (Å²) in [5.74, 6) is -0.215. The van der Waals surface area contributed by atoms with E-state index in [1.807, 2.05) is 13.0 Å². The van der Waals surface area contributed by atoms with Crippen molar-refractivity contribution >= 4 is 5.91 Å². The van der Waals surface area contributed by atoms with Crippen molar-refractivity contribution in [2.75, 3.05) is 0 Å². The van der Waals surface area contributed by atoms with E-state index >= 15 is 0 Å². The molecule has 0 aliphatic rings. The van der Waals surface area contributed by atoms with Crippen LogP contribution in [0.25, 0.3) is 0 Å². The fraction of sp³-hybridized carbons (Fsp3) is 0.333. The number of rotatable bonds is 2. The molecule has 13 heavy (non-hydrogen) atoms. The molecule has 1 atom stereocenters. The average Bonchev–Trinajstić information content (AvgIpc) is 2.51. The van der Waals surface area contributed by atoms with Crippen LogP contribution in [-0.4, -0.2) is 16.9 Å². The van der Waals surface area contributed by atoms with Crippen LogP contribution in [0.3, 0.4) is 0 Å². The van der Waals surface area contributed by atoms with Crippen molar-refractivity contribution in [3.63, 3.8) is 0 Å². The Balaban J connectivity index is 2.71. The Morgan fingerprint density at radius 2 is 2.46 bits per heavy atom. The van der Waals surface area contributed by atoms with Gasteiger partial charge in [0.1, 0.15) is 6.04 Å². The highest BCUT2D eigenvalue weighted by Crippen LogP contribution is 2.04. The zero-order valence-electron chi connectivity index (χ0n) is 7.59. The smallest absolute Gasteiger partial charge is 0.254 e. The van der Waals surface area contributed by atoms with E-state index in [1.165, 1.54) is 0 Å². The first-order chi connectivity index (χ1) is 6.15. The molecule has 1 heterocycles. The van der Waals surface area contributed by atoms with E-state index < -0.39 is 6.04 Å². The normalized spacial score (nSPS) is 11.8. The number of amides is 1. The van der Waals surface area contributed by atoms with Gasteiger partial charge in [0, 0.05) is 11.9 Å². The first-order valence-corrected chi connectivity index (χ1v) is 3.99. The van der Waals surface area contributed by atoms with Crippen LogP contribution in [0.4, 0.5) is 0 Å². The highest BCUT2D eigenvalue weighted by atomic mass is 16.1. The predicted molar refractivity (Wildman–Crippen MR) is 48.1 cm³/mol. The van der Waals surface area contributed by atoms with Gasteiger partial charge in [-0.3, -0.25) is 4.79 Å². The molecule has 0 saturated heterocycles. The van der Waals surface area contributed by atoms with Crippen LogP contribution < -0.4 is 5.32 Å². The van der Waals surface area contributed by atoms with E-state index in [0.29, 0.717) is 5.56 Å². The van der Waals surface area contributed by atoms with Gasteiger partial charge in [0.05, 0.1) is 11.6 Å². The lowest BCUT2D eigenvalue weighted by atomic mass is 10.2. The summed E-state index contributed by atoms with van der Waals surface area (Å²) < 4.78 is 0. The van der Waals surface area contributed by atoms with Crippen LogP contribution in [0.15, 0.2) is 12.3 Å². The first kappa shape index (κ1) is 9.33. The van der Waals surface area contributed by atoms with Gasteiger partial charge in [-0.15, -0.1) is 0 Å². The van der Waals surface area contributed by atoms with Crippen molar-refractivity contribution in [1.29, 1.82) is 5.26 Å². The second kappa shape index (κ2) is 3.76. The van der Waals surface area contributed by atoms with Gasteiger partial charge in [0.2, 0.25) is 0 Å². The van der Waals surface area contributed by atoms with Crippen LogP contribution in [0.5, 0.6) is 0 Å². The van der Waals surface area contributed by atoms with Gasteiger partial charge >= 0.3 is 0 Å². The number of carbonyl (C=O) groups excluding carboxylic acids is 1. The third kappa shape index (κ3) is 2.09. The monoisotopic (exact) mass is 177 g/mol. The van der Waals surface area contributed by atoms with Gasteiger partial charge < -0.3 is 10.3 Å². The third-order valence-electron chi connectivity index (χ3n) is 1.74. The Labute approximate surface area is 76.6 Å². The SMILES string of the molecule is Cc1[nH]ccc1C(=O)N[C@@H](C)C#N. The maximum atomic E-state index is 11.4. The van der Waals surface area contributed by atoms with Crippen molar-refractivity contribution < 1.29 is 4.79 Å². The zero-order chi connectivity index (χ0) is 9.84. The standard InChI is InChI=1S/C9H11N3O/c1-6(5-10)12-9(13)8-3-4-11-7(8)2/h3-4,6,11H,1-2H3,(H,12,13)/t6-/m0/s1. The van der Waals surface area contributed by atoms with E-state index in [2.05, 4.69) is 10.3 Å². The van der Waals surface area contributed by atoms with Crippen LogP contribution in [-0.2, 0) is 0 Å². The minimum atomic E-state index is -0.457. The minimum Gasteiger partial charge on any atom is -0.365 e.